The number of aliphatic hydroxyl groups is 1. The molecule has 112 valence electrons. The van der Waals surface area contributed by atoms with Crippen LogP contribution in [0.15, 0.2) is 29.2 Å². The number of terminal acetylenes is 1. The molecule has 1 aromatic heterocycles. The van der Waals surface area contributed by atoms with Gasteiger partial charge in [0.05, 0.1) is 18.0 Å². The molecule has 2 rings (SSSR count). The van der Waals surface area contributed by atoms with E-state index in [0.29, 0.717) is 23.2 Å². The van der Waals surface area contributed by atoms with Crippen molar-refractivity contribution >= 4 is 31.4 Å². The van der Waals surface area contributed by atoms with Crippen molar-refractivity contribution in [2.75, 3.05) is 13.1 Å². The van der Waals surface area contributed by atoms with Gasteiger partial charge in [0, 0.05) is 16.6 Å². The van der Waals surface area contributed by atoms with E-state index < -0.39 is 10.0 Å². The summed E-state index contributed by atoms with van der Waals surface area (Å²) >= 11 is 1.30. The molecule has 0 amide bonds. The molecule has 0 fully saturated rings. The van der Waals surface area contributed by atoms with Crippen molar-refractivity contribution in [3.63, 3.8) is 0 Å². The van der Waals surface area contributed by atoms with Gasteiger partial charge in [-0.05, 0) is 12.5 Å². The second-order valence-corrected chi connectivity index (χ2v) is 7.56. The first-order valence-electron chi connectivity index (χ1n) is 6.61. The molecule has 0 saturated heterocycles. The largest absolute Gasteiger partial charge is 0.391 e. The van der Waals surface area contributed by atoms with Crippen molar-refractivity contribution in [1.29, 1.82) is 0 Å². The maximum absolute atomic E-state index is 12.9. The molecule has 2 aromatic rings. The lowest BCUT2D eigenvalue weighted by molar-refractivity contribution is 0.282. The molecule has 1 aromatic carbocycles. The molecular formula is C15H17NO3S2. The molecule has 0 aliphatic carbocycles. The highest BCUT2D eigenvalue weighted by atomic mass is 32.2. The van der Waals surface area contributed by atoms with Crippen LogP contribution in [0.2, 0.25) is 0 Å². The maximum atomic E-state index is 12.9. The zero-order valence-electron chi connectivity index (χ0n) is 11.7. The number of hydrogen-bond donors (Lipinski definition) is 1. The van der Waals surface area contributed by atoms with Gasteiger partial charge in [-0.2, -0.15) is 4.31 Å². The van der Waals surface area contributed by atoms with E-state index in [2.05, 4.69) is 5.92 Å². The molecule has 0 atom stereocenters. The van der Waals surface area contributed by atoms with E-state index in [0.717, 1.165) is 4.70 Å². The third kappa shape index (κ3) is 2.97. The van der Waals surface area contributed by atoms with E-state index in [9.17, 15) is 13.5 Å². The molecule has 0 aliphatic heterocycles. The molecule has 0 aliphatic rings. The van der Waals surface area contributed by atoms with Crippen LogP contribution >= 0.6 is 11.3 Å². The van der Waals surface area contributed by atoms with Gasteiger partial charge < -0.3 is 5.11 Å². The molecule has 21 heavy (non-hydrogen) atoms. The number of thiophene rings is 1. The molecule has 4 nitrogen and oxygen atoms in total. The second kappa shape index (κ2) is 6.58. The minimum Gasteiger partial charge on any atom is -0.391 e. The molecule has 0 saturated carbocycles. The molecule has 0 bridgehead atoms. The minimum absolute atomic E-state index is 0.0330. The van der Waals surface area contributed by atoms with E-state index in [1.165, 1.54) is 15.6 Å². The van der Waals surface area contributed by atoms with Gasteiger partial charge in [-0.3, -0.25) is 0 Å². The third-order valence-corrected chi connectivity index (χ3v) is 6.36. The zero-order valence-corrected chi connectivity index (χ0v) is 13.4. The van der Waals surface area contributed by atoms with Crippen molar-refractivity contribution in [3.05, 3.63) is 29.1 Å². The second-order valence-electron chi connectivity index (χ2n) is 4.55. The van der Waals surface area contributed by atoms with Crippen LogP contribution in [-0.2, 0) is 16.6 Å². The normalized spacial score (nSPS) is 11.9. The van der Waals surface area contributed by atoms with Crippen LogP contribution in [0, 0.1) is 12.3 Å². The van der Waals surface area contributed by atoms with Gasteiger partial charge in [-0.25, -0.2) is 8.42 Å². The summed E-state index contributed by atoms with van der Waals surface area (Å²) in [6.07, 6.45) is 5.97. The van der Waals surface area contributed by atoms with E-state index in [4.69, 9.17) is 6.42 Å². The van der Waals surface area contributed by atoms with Gasteiger partial charge in [0.25, 0.3) is 0 Å². The SMILES string of the molecule is C#CCN(CCC)S(=O)(=O)c1c(CO)sc2ccccc12. The Kier molecular flexibility index (Phi) is 5.01. The number of nitrogens with zero attached hydrogens (tertiary/aromatic N) is 1. The van der Waals surface area contributed by atoms with Crippen LogP contribution in [0.4, 0.5) is 0 Å². The Morgan fingerprint density at radius 2 is 2.10 bits per heavy atom. The average Bonchev–Trinajstić information content (AvgIpc) is 2.86. The molecule has 0 spiro atoms. The van der Waals surface area contributed by atoms with E-state index in [1.54, 1.807) is 12.1 Å². The first-order valence-corrected chi connectivity index (χ1v) is 8.86. The highest BCUT2D eigenvalue weighted by molar-refractivity contribution is 7.89. The summed E-state index contributed by atoms with van der Waals surface area (Å²) in [7, 11) is -3.71. The minimum atomic E-state index is -3.71. The number of sulfonamides is 1. The molecule has 0 radical (unpaired) electrons. The fourth-order valence-electron chi connectivity index (χ4n) is 2.22. The van der Waals surface area contributed by atoms with Gasteiger partial charge in [0.2, 0.25) is 10.0 Å². The summed E-state index contributed by atoms with van der Waals surface area (Å²) in [5.41, 5.74) is 0. The predicted molar refractivity (Wildman–Crippen MR) is 85.6 cm³/mol. The monoisotopic (exact) mass is 323 g/mol. The van der Waals surface area contributed by atoms with Gasteiger partial charge in [0.15, 0.2) is 0 Å². The lowest BCUT2D eigenvalue weighted by Gasteiger charge is -2.19. The van der Waals surface area contributed by atoms with Gasteiger partial charge in [-0.1, -0.05) is 31.0 Å². The summed E-state index contributed by atoms with van der Waals surface area (Å²) in [6.45, 7) is 1.99. The average molecular weight is 323 g/mol. The maximum Gasteiger partial charge on any atom is 0.245 e. The highest BCUT2D eigenvalue weighted by Gasteiger charge is 2.29. The number of hydrogen-bond acceptors (Lipinski definition) is 4. The van der Waals surface area contributed by atoms with E-state index >= 15 is 0 Å². The van der Waals surface area contributed by atoms with Crippen LogP contribution < -0.4 is 0 Å². The van der Waals surface area contributed by atoms with Crippen molar-refractivity contribution in [3.8, 4) is 12.3 Å². The fraction of sp³-hybridized carbons (Fsp3) is 0.333. The van der Waals surface area contributed by atoms with Gasteiger partial charge in [0.1, 0.15) is 4.90 Å². The van der Waals surface area contributed by atoms with Crippen LogP contribution in [0.1, 0.15) is 18.2 Å². The molecule has 1 heterocycles. The van der Waals surface area contributed by atoms with E-state index in [-0.39, 0.29) is 18.0 Å². The number of fused-ring (bicyclic) bond motifs is 1. The van der Waals surface area contributed by atoms with E-state index in [1.807, 2.05) is 19.1 Å². The zero-order chi connectivity index (χ0) is 15.5. The summed E-state index contributed by atoms with van der Waals surface area (Å²) < 4.78 is 27.9. The Balaban J connectivity index is 2.66. The van der Waals surface area contributed by atoms with Gasteiger partial charge >= 0.3 is 0 Å². The molecule has 6 heteroatoms. The highest BCUT2D eigenvalue weighted by Crippen LogP contribution is 2.36. The quantitative estimate of drug-likeness (QED) is 0.831. The predicted octanol–water partition coefficient (Wildman–Crippen LogP) is 2.43. The Morgan fingerprint density at radius 3 is 2.71 bits per heavy atom. The first-order chi connectivity index (χ1) is 10.1. The summed E-state index contributed by atoms with van der Waals surface area (Å²) in [4.78, 5) is 0.642. The van der Waals surface area contributed by atoms with Crippen LogP contribution in [0.5, 0.6) is 0 Å². The number of rotatable bonds is 6. The summed E-state index contributed by atoms with van der Waals surface area (Å²) in [5, 5.41) is 10.2. The Hall–Kier alpha value is -1.39. The van der Waals surface area contributed by atoms with Crippen LogP contribution in [0.3, 0.4) is 0 Å². The lowest BCUT2D eigenvalue weighted by atomic mass is 10.2. The topological polar surface area (TPSA) is 57.6 Å². The van der Waals surface area contributed by atoms with Crippen molar-refractivity contribution in [1.82, 2.24) is 4.31 Å². The molecule has 0 unspecified atom stereocenters. The lowest BCUT2D eigenvalue weighted by Crippen LogP contribution is -2.32. The number of aliphatic hydroxyl groups excluding tert-OH is 1. The van der Waals surface area contributed by atoms with Crippen LogP contribution in [-0.4, -0.2) is 30.9 Å². The summed E-state index contributed by atoms with van der Waals surface area (Å²) in [5.74, 6) is 2.39. The standard InChI is InChI=1S/C15H17NO3S2/c1-3-9-16(10-4-2)21(18,19)15-12-7-5-6-8-13(12)20-14(15)11-17/h1,5-8,17H,4,9-11H2,2H3. The molecule has 1 N–H and O–H groups in total. The van der Waals surface area contributed by atoms with Crippen molar-refractivity contribution in [2.45, 2.75) is 24.8 Å². The van der Waals surface area contributed by atoms with Gasteiger partial charge in [-0.15, -0.1) is 17.8 Å². The van der Waals surface area contributed by atoms with Crippen molar-refractivity contribution < 1.29 is 13.5 Å². The Bertz CT molecular complexity index is 772. The Morgan fingerprint density at radius 1 is 1.38 bits per heavy atom. The molecular weight excluding hydrogens is 306 g/mol. The third-order valence-electron chi connectivity index (χ3n) is 3.10. The fourth-order valence-corrected chi connectivity index (χ4v) is 5.42. The first kappa shape index (κ1) is 16.0. The summed E-state index contributed by atoms with van der Waals surface area (Å²) in [6, 6.07) is 7.25. The van der Waals surface area contributed by atoms with Crippen molar-refractivity contribution in [2.24, 2.45) is 0 Å². The Labute approximate surface area is 129 Å². The number of benzene rings is 1. The van der Waals surface area contributed by atoms with Crippen LogP contribution in [0.25, 0.3) is 10.1 Å². The smallest absolute Gasteiger partial charge is 0.245 e.